The van der Waals surface area contributed by atoms with Gasteiger partial charge < -0.3 is 8.83 Å². The molecule has 2 aromatic carbocycles. The summed E-state index contributed by atoms with van der Waals surface area (Å²) in [5.74, 6) is 2.04. The third-order valence-electron chi connectivity index (χ3n) is 5.09. The monoisotopic (exact) mass is 360 g/mol. The summed E-state index contributed by atoms with van der Waals surface area (Å²) in [6, 6.07) is 16.4. The van der Waals surface area contributed by atoms with Gasteiger partial charge in [0.1, 0.15) is 5.52 Å². The molecule has 136 valence electrons. The third kappa shape index (κ3) is 3.02. The SMILES string of the molecule is CCc1nnc([C@H]2Cc3ccccc3CN2Cc2nc3ccccc3o2)o1. The van der Waals surface area contributed by atoms with Crippen molar-refractivity contribution in [3.8, 4) is 0 Å². The van der Waals surface area contributed by atoms with Crippen LogP contribution in [-0.4, -0.2) is 20.1 Å². The van der Waals surface area contributed by atoms with E-state index in [1.807, 2.05) is 31.2 Å². The Balaban J connectivity index is 1.50. The minimum Gasteiger partial charge on any atom is -0.439 e. The standard InChI is InChI=1S/C21H20N4O2/c1-2-19-23-24-21(27-19)17-11-14-7-3-4-8-15(14)12-25(17)13-20-22-16-9-5-6-10-18(16)26-20/h3-10,17H,2,11-13H2,1H3/t17-/m1/s1. The van der Waals surface area contributed by atoms with Gasteiger partial charge in [-0.15, -0.1) is 10.2 Å². The lowest BCUT2D eigenvalue weighted by molar-refractivity contribution is 0.125. The Kier molecular flexibility index (Phi) is 3.98. The second kappa shape index (κ2) is 6.63. The van der Waals surface area contributed by atoms with E-state index in [2.05, 4.69) is 44.3 Å². The van der Waals surface area contributed by atoms with Gasteiger partial charge in [-0.05, 0) is 29.7 Å². The van der Waals surface area contributed by atoms with E-state index >= 15 is 0 Å². The van der Waals surface area contributed by atoms with Gasteiger partial charge in [0.2, 0.25) is 17.7 Å². The molecule has 0 bridgehead atoms. The van der Waals surface area contributed by atoms with E-state index in [1.165, 1.54) is 11.1 Å². The fourth-order valence-corrected chi connectivity index (χ4v) is 3.69. The molecule has 5 rings (SSSR count). The molecule has 0 N–H and O–H groups in total. The number of oxazole rings is 1. The lowest BCUT2D eigenvalue weighted by atomic mass is 9.94. The molecule has 0 aliphatic carbocycles. The third-order valence-corrected chi connectivity index (χ3v) is 5.09. The summed E-state index contributed by atoms with van der Waals surface area (Å²) in [5.41, 5.74) is 4.34. The Hall–Kier alpha value is -2.99. The zero-order valence-corrected chi connectivity index (χ0v) is 15.1. The van der Waals surface area contributed by atoms with Crippen molar-refractivity contribution in [2.24, 2.45) is 0 Å². The molecule has 0 saturated carbocycles. The normalized spacial score (nSPS) is 17.3. The van der Waals surface area contributed by atoms with E-state index in [9.17, 15) is 0 Å². The Morgan fingerprint density at radius 2 is 1.78 bits per heavy atom. The van der Waals surface area contributed by atoms with Gasteiger partial charge in [-0.2, -0.15) is 0 Å². The van der Waals surface area contributed by atoms with Crippen molar-refractivity contribution in [3.05, 3.63) is 77.3 Å². The van der Waals surface area contributed by atoms with Crippen molar-refractivity contribution in [3.63, 3.8) is 0 Å². The van der Waals surface area contributed by atoms with Crippen LogP contribution in [0.5, 0.6) is 0 Å². The van der Waals surface area contributed by atoms with Gasteiger partial charge >= 0.3 is 0 Å². The summed E-state index contributed by atoms with van der Waals surface area (Å²) < 4.78 is 11.8. The number of hydrogen-bond acceptors (Lipinski definition) is 6. The molecular formula is C21H20N4O2. The van der Waals surface area contributed by atoms with Gasteiger partial charge in [0.05, 0.1) is 12.6 Å². The largest absolute Gasteiger partial charge is 0.439 e. The molecular weight excluding hydrogens is 340 g/mol. The summed E-state index contributed by atoms with van der Waals surface area (Å²) in [7, 11) is 0. The van der Waals surface area contributed by atoms with Crippen molar-refractivity contribution < 1.29 is 8.83 Å². The molecule has 0 amide bonds. The van der Waals surface area contributed by atoms with Crippen molar-refractivity contribution in [1.29, 1.82) is 0 Å². The molecule has 6 heteroatoms. The van der Waals surface area contributed by atoms with E-state index in [0.29, 0.717) is 24.2 Å². The van der Waals surface area contributed by atoms with Crippen LogP contribution in [0.15, 0.2) is 57.4 Å². The van der Waals surface area contributed by atoms with Crippen LogP contribution >= 0.6 is 0 Å². The van der Waals surface area contributed by atoms with Gasteiger partial charge in [-0.25, -0.2) is 4.98 Å². The van der Waals surface area contributed by atoms with E-state index in [0.717, 1.165) is 30.5 Å². The van der Waals surface area contributed by atoms with Crippen LogP contribution in [0.4, 0.5) is 0 Å². The highest BCUT2D eigenvalue weighted by molar-refractivity contribution is 5.72. The second-order valence-corrected chi connectivity index (χ2v) is 6.86. The van der Waals surface area contributed by atoms with Crippen molar-refractivity contribution in [2.45, 2.75) is 38.9 Å². The first-order chi connectivity index (χ1) is 13.3. The predicted octanol–water partition coefficient (Wildman–Crippen LogP) is 4.07. The Morgan fingerprint density at radius 1 is 0.963 bits per heavy atom. The van der Waals surface area contributed by atoms with Crippen LogP contribution in [0.3, 0.4) is 0 Å². The van der Waals surface area contributed by atoms with Crippen molar-refractivity contribution >= 4 is 11.1 Å². The Bertz CT molecular complexity index is 1050. The van der Waals surface area contributed by atoms with E-state index < -0.39 is 0 Å². The summed E-state index contributed by atoms with van der Waals surface area (Å²) in [4.78, 5) is 6.94. The van der Waals surface area contributed by atoms with Gasteiger partial charge in [0.25, 0.3) is 0 Å². The average molecular weight is 360 g/mol. The van der Waals surface area contributed by atoms with E-state index in [-0.39, 0.29) is 6.04 Å². The highest BCUT2D eigenvalue weighted by Crippen LogP contribution is 2.34. The first-order valence-electron chi connectivity index (χ1n) is 9.27. The number of rotatable bonds is 4. The smallest absolute Gasteiger partial charge is 0.233 e. The number of fused-ring (bicyclic) bond motifs is 2. The summed E-state index contributed by atoms with van der Waals surface area (Å²) >= 11 is 0. The molecule has 3 heterocycles. The maximum absolute atomic E-state index is 5.95. The highest BCUT2D eigenvalue weighted by atomic mass is 16.4. The maximum Gasteiger partial charge on any atom is 0.233 e. The molecule has 1 aliphatic heterocycles. The van der Waals surface area contributed by atoms with Gasteiger partial charge in [-0.3, -0.25) is 4.90 Å². The number of benzene rings is 2. The number of para-hydroxylation sites is 2. The van der Waals surface area contributed by atoms with Crippen LogP contribution in [-0.2, 0) is 25.9 Å². The quantitative estimate of drug-likeness (QED) is 0.546. The lowest BCUT2D eigenvalue weighted by Gasteiger charge is -2.34. The number of nitrogens with zero attached hydrogens (tertiary/aromatic N) is 4. The fourth-order valence-electron chi connectivity index (χ4n) is 3.69. The molecule has 2 aromatic heterocycles. The summed E-state index contributed by atoms with van der Waals surface area (Å²) in [5, 5.41) is 8.47. The molecule has 0 saturated heterocycles. The highest BCUT2D eigenvalue weighted by Gasteiger charge is 2.32. The Morgan fingerprint density at radius 3 is 2.59 bits per heavy atom. The topological polar surface area (TPSA) is 68.2 Å². The fraction of sp³-hybridized carbons (Fsp3) is 0.286. The van der Waals surface area contributed by atoms with Crippen LogP contribution in [0, 0.1) is 0 Å². The first-order valence-corrected chi connectivity index (χ1v) is 9.27. The summed E-state index contributed by atoms with van der Waals surface area (Å²) in [6.07, 6.45) is 1.57. The zero-order chi connectivity index (χ0) is 18.2. The van der Waals surface area contributed by atoms with Crippen LogP contribution in [0.2, 0.25) is 0 Å². The molecule has 27 heavy (non-hydrogen) atoms. The predicted molar refractivity (Wildman–Crippen MR) is 99.8 cm³/mol. The first kappa shape index (κ1) is 16.2. The van der Waals surface area contributed by atoms with Gasteiger partial charge in [-0.1, -0.05) is 43.3 Å². The van der Waals surface area contributed by atoms with Crippen molar-refractivity contribution in [2.75, 3.05) is 0 Å². The molecule has 0 fully saturated rings. The zero-order valence-electron chi connectivity index (χ0n) is 15.1. The van der Waals surface area contributed by atoms with E-state index in [1.54, 1.807) is 0 Å². The number of aryl methyl sites for hydroxylation is 1. The molecule has 1 aliphatic rings. The lowest BCUT2D eigenvalue weighted by Crippen LogP contribution is -2.34. The van der Waals surface area contributed by atoms with Gasteiger partial charge in [0.15, 0.2) is 5.58 Å². The second-order valence-electron chi connectivity index (χ2n) is 6.86. The molecule has 0 unspecified atom stereocenters. The molecule has 6 nitrogen and oxygen atoms in total. The molecule has 4 aromatic rings. The molecule has 0 radical (unpaired) electrons. The van der Waals surface area contributed by atoms with Crippen LogP contribution < -0.4 is 0 Å². The van der Waals surface area contributed by atoms with Crippen molar-refractivity contribution in [1.82, 2.24) is 20.1 Å². The van der Waals surface area contributed by atoms with E-state index in [4.69, 9.17) is 8.83 Å². The van der Waals surface area contributed by atoms with Gasteiger partial charge in [0, 0.05) is 13.0 Å². The average Bonchev–Trinajstić information content (AvgIpc) is 3.33. The minimum absolute atomic E-state index is 0.0164. The number of aromatic nitrogens is 3. The summed E-state index contributed by atoms with van der Waals surface area (Å²) in [6.45, 7) is 3.41. The molecule has 1 atom stereocenters. The Labute approximate surface area is 156 Å². The molecule has 0 spiro atoms. The van der Waals surface area contributed by atoms with Crippen LogP contribution in [0.1, 0.15) is 41.8 Å². The number of hydrogen-bond donors (Lipinski definition) is 0. The maximum atomic E-state index is 5.95. The minimum atomic E-state index is 0.0164. The van der Waals surface area contributed by atoms with Crippen LogP contribution in [0.25, 0.3) is 11.1 Å².